The molecule has 3 rings (SSSR count). The summed E-state index contributed by atoms with van der Waals surface area (Å²) in [5.41, 5.74) is 5.79. The van der Waals surface area contributed by atoms with E-state index in [0.717, 1.165) is 29.8 Å². The summed E-state index contributed by atoms with van der Waals surface area (Å²) in [6.07, 6.45) is 3.98. The lowest BCUT2D eigenvalue weighted by Gasteiger charge is -2.13. The van der Waals surface area contributed by atoms with Crippen LogP contribution in [0.2, 0.25) is 0 Å². The zero-order chi connectivity index (χ0) is 19.2. The van der Waals surface area contributed by atoms with Gasteiger partial charge >= 0.3 is 0 Å². The topological polar surface area (TPSA) is 66.9 Å². The van der Waals surface area contributed by atoms with E-state index in [0.29, 0.717) is 11.5 Å². The highest BCUT2D eigenvalue weighted by Crippen LogP contribution is 2.22. The highest BCUT2D eigenvalue weighted by Gasteiger charge is 2.11. The van der Waals surface area contributed by atoms with E-state index in [2.05, 4.69) is 44.9 Å². The minimum absolute atomic E-state index is 0.208. The second-order valence-corrected chi connectivity index (χ2v) is 6.69. The quantitative estimate of drug-likeness (QED) is 0.687. The molecule has 2 N–H and O–H groups in total. The molecule has 1 amide bonds. The Bertz CT molecular complexity index is 898. The number of rotatable bonds is 6. The molecule has 0 saturated carbocycles. The van der Waals surface area contributed by atoms with E-state index in [4.69, 9.17) is 0 Å². The Labute approximate surface area is 159 Å². The zero-order valence-corrected chi connectivity index (χ0v) is 15.9. The van der Waals surface area contributed by atoms with E-state index in [1.807, 2.05) is 39.0 Å². The molecule has 0 aliphatic carbocycles. The third-order valence-corrected chi connectivity index (χ3v) is 4.37. The normalized spacial score (nSPS) is 10.5. The van der Waals surface area contributed by atoms with Crippen molar-refractivity contribution >= 4 is 17.5 Å². The molecule has 0 fully saturated rings. The van der Waals surface area contributed by atoms with Gasteiger partial charge in [-0.1, -0.05) is 48.0 Å². The molecule has 0 aliphatic heterocycles. The lowest BCUT2D eigenvalue weighted by atomic mass is 10.0. The van der Waals surface area contributed by atoms with Gasteiger partial charge in [-0.25, -0.2) is 9.97 Å². The second kappa shape index (κ2) is 8.45. The third kappa shape index (κ3) is 4.91. The van der Waals surface area contributed by atoms with Gasteiger partial charge < -0.3 is 10.6 Å². The average Bonchev–Trinajstić information content (AvgIpc) is 2.66. The van der Waals surface area contributed by atoms with E-state index in [9.17, 15) is 4.79 Å². The molecule has 1 heterocycles. The fourth-order valence-corrected chi connectivity index (χ4v) is 3.06. The van der Waals surface area contributed by atoms with Gasteiger partial charge in [-0.15, -0.1) is 0 Å². The molecule has 0 unspecified atom stereocenters. The number of carbonyl (C=O) groups is 1. The van der Waals surface area contributed by atoms with Crippen molar-refractivity contribution in [3.8, 4) is 0 Å². The van der Waals surface area contributed by atoms with Crippen LogP contribution in [0.25, 0.3) is 0 Å². The molecule has 0 aliphatic rings. The maximum absolute atomic E-state index is 12.5. The number of aryl methyl sites for hydroxylation is 3. The predicted molar refractivity (Wildman–Crippen MR) is 109 cm³/mol. The summed E-state index contributed by atoms with van der Waals surface area (Å²) in [4.78, 5) is 21.0. The molecule has 0 spiro atoms. The average molecular weight is 360 g/mol. The molecule has 0 atom stereocenters. The number of carbonyl (C=O) groups excluding carboxylic acids is 1. The van der Waals surface area contributed by atoms with Crippen LogP contribution in [0.4, 0.5) is 11.6 Å². The predicted octanol–water partition coefficient (Wildman–Crippen LogP) is 4.31. The zero-order valence-electron chi connectivity index (χ0n) is 15.9. The Morgan fingerprint density at radius 2 is 1.59 bits per heavy atom. The Kier molecular flexibility index (Phi) is 5.81. The maximum atomic E-state index is 12.5. The van der Waals surface area contributed by atoms with Crippen molar-refractivity contribution in [3.63, 3.8) is 0 Å². The van der Waals surface area contributed by atoms with Crippen LogP contribution in [0.3, 0.4) is 0 Å². The van der Waals surface area contributed by atoms with Gasteiger partial charge in [0.2, 0.25) is 5.95 Å². The number of nitrogens with one attached hydrogen (secondary N) is 2. The highest BCUT2D eigenvalue weighted by atomic mass is 16.1. The first-order valence-corrected chi connectivity index (χ1v) is 9.02. The molecule has 0 radical (unpaired) electrons. The summed E-state index contributed by atoms with van der Waals surface area (Å²) < 4.78 is 0. The van der Waals surface area contributed by atoms with Gasteiger partial charge in [-0.3, -0.25) is 4.79 Å². The van der Waals surface area contributed by atoms with Crippen LogP contribution in [0.5, 0.6) is 0 Å². The summed E-state index contributed by atoms with van der Waals surface area (Å²) in [7, 11) is 0. The second-order valence-electron chi connectivity index (χ2n) is 6.69. The van der Waals surface area contributed by atoms with E-state index in [-0.39, 0.29) is 5.91 Å². The van der Waals surface area contributed by atoms with Gasteiger partial charge in [0.25, 0.3) is 5.91 Å². The summed E-state index contributed by atoms with van der Waals surface area (Å²) in [5.74, 6) is 0.311. The van der Waals surface area contributed by atoms with Crippen LogP contribution in [0.1, 0.15) is 32.6 Å². The molecule has 2 aromatic carbocycles. The molecule has 138 valence electrons. The molecule has 5 heteroatoms. The molecule has 3 aromatic rings. The van der Waals surface area contributed by atoms with E-state index in [1.165, 1.54) is 11.1 Å². The van der Waals surface area contributed by atoms with Crippen molar-refractivity contribution in [2.24, 2.45) is 0 Å². The number of aromatic nitrogens is 2. The standard InChI is InChI=1S/C22H24N4O/c1-15-11-16(2)20(17(3)12-15)26-21(27)19-13-24-22(25-14-19)23-10-9-18-7-5-4-6-8-18/h4-8,11-14H,9-10H2,1-3H3,(H,26,27)(H,23,24,25). The Balaban J connectivity index is 1.59. The number of hydrogen-bond donors (Lipinski definition) is 2. The molecule has 0 bridgehead atoms. The molecular weight excluding hydrogens is 336 g/mol. The van der Waals surface area contributed by atoms with E-state index >= 15 is 0 Å². The van der Waals surface area contributed by atoms with Crippen LogP contribution in [0.15, 0.2) is 54.9 Å². The minimum atomic E-state index is -0.208. The first kappa shape index (κ1) is 18.6. The lowest BCUT2D eigenvalue weighted by Crippen LogP contribution is -2.15. The van der Waals surface area contributed by atoms with Crippen molar-refractivity contribution in [2.75, 3.05) is 17.2 Å². The van der Waals surface area contributed by atoms with Crippen LogP contribution in [0, 0.1) is 20.8 Å². The van der Waals surface area contributed by atoms with Crippen LogP contribution >= 0.6 is 0 Å². The van der Waals surface area contributed by atoms with Crippen molar-refractivity contribution in [1.29, 1.82) is 0 Å². The number of nitrogens with zero attached hydrogens (tertiary/aromatic N) is 2. The largest absolute Gasteiger partial charge is 0.354 e. The maximum Gasteiger partial charge on any atom is 0.258 e. The summed E-state index contributed by atoms with van der Waals surface area (Å²) in [5, 5.41) is 6.15. The molecule has 27 heavy (non-hydrogen) atoms. The Morgan fingerprint density at radius 3 is 2.22 bits per heavy atom. The molecule has 0 saturated heterocycles. The molecule has 1 aromatic heterocycles. The van der Waals surface area contributed by atoms with E-state index in [1.54, 1.807) is 12.4 Å². The third-order valence-electron chi connectivity index (χ3n) is 4.37. The minimum Gasteiger partial charge on any atom is -0.354 e. The van der Waals surface area contributed by atoms with Gasteiger partial charge in [-0.2, -0.15) is 0 Å². The number of amides is 1. The number of hydrogen-bond acceptors (Lipinski definition) is 4. The molecule has 5 nitrogen and oxygen atoms in total. The first-order valence-electron chi connectivity index (χ1n) is 9.02. The van der Waals surface area contributed by atoms with Crippen molar-refractivity contribution in [2.45, 2.75) is 27.2 Å². The number of benzene rings is 2. The fraction of sp³-hybridized carbons (Fsp3) is 0.227. The summed E-state index contributed by atoms with van der Waals surface area (Å²) >= 11 is 0. The van der Waals surface area contributed by atoms with E-state index < -0.39 is 0 Å². The Morgan fingerprint density at radius 1 is 0.963 bits per heavy atom. The van der Waals surface area contributed by atoms with Gasteiger partial charge in [0.15, 0.2) is 0 Å². The fourth-order valence-electron chi connectivity index (χ4n) is 3.06. The highest BCUT2D eigenvalue weighted by molar-refractivity contribution is 6.04. The van der Waals surface area contributed by atoms with Gasteiger partial charge in [0.1, 0.15) is 0 Å². The van der Waals surface area contributed by atoms with Gasteiger partial charge in [-0.05, 0) is 43.9 Å². The van der Waals surface area contributed by atoms with Crippen molar-refractivity contribution < 1.29 is 4.79 Å². The van der Waals surface area contributed by atoms with Crippen LogP contribution in [-0.4, -0.2) is 22.4 Å². The van der Waals surface area contributed by atoms with Crippen molar-refractivity contribution in [1.82, 2.24) is 9.97 Å². The van der Waals surface area contributed by atoms with Gasteiger partial charge in [0.05, 0.1) is 5.56 Å². The smallest absolute Gasteiger partial charge is 0.258 e. The Hall–Kier alpha value is -3.21. The van der Waals surface area contributed by atoms with Crippen LogP contribution in [-0.2, 0) is 6.42 Å². The lowest BCUT2D eigenvalue weighted by molar-refractivity contribution is 0.102. The van der Waals surface area contributed by atoms with Crippen LogP contribution < -0.4 is 10.6 Å². The van der Waals surface area contributed by atoms with Gasteiger partial charge in [0, 0.05) is 24.6 Å². The van der Waals surface area contributed by atoms with Crippen molar-refractivity contribution in [3.05, 3.63) is 82.7 Å². The summed E-state index contributed by atoms with van der Waals surface area (Å²) in [6, 6.07) is 14.3. The first-order chi connectivity index (χ1) is 13.0. The number of anilines is 2. The SMILES string of the molecule is Cc1cc(C)c(NC(=O)c2cnc(NCCc3ccccc3)nc2)c(C)c1. The monoisotopic (exact) mass is 360 g/mol. The molecular formula is C22H24N4O. The summed E-state index contributed by atoms with van der Waals surface area (Å²) in [6.45, 7) is 6.76.